The fraction of sp³-hybridized carbons (Fsp3) is 0.526. The van der Waals surface area contributed by atoms with Crippen molar-refractivity contribution in [3.63, 3.8) is 0 Å². The van der Waals surface area contributed by atoms with E-state index in [0.29, 0.717) is 45.3 Å². The topological polar surface area (TPSA) is 160 Å². The molecule has 0 radical (unpaired) electrons. The lowest BCUT2D eigenvalue weighted by Crippen LogP contribution is -2.58. The number of ether oxygens (including phenoxy) is 3. The first-order valence-corrected chi connectivity index (χ1v) is 26.6. The lowest BCUT2D eigenvalue weighted by molar-refractivity contribution is -0.144. The summed E-state index contributed by atoms with van der Waals surface area (Å²) >= 11 is 1.56. The van der Waals surface area contributed by atoms with Gasteiger partial charge in [-0.15, -0.1) is 11.3 Å². The molecule has 0 unspecified atom stereocenters. The Kier molecular flexibility index (Phi) is 19.1. The van der Waals surface area contributed by atoms with E-state index in [1.165, 1.54) is 18.7 Å². The average molecular weight is 1040 g/mol. The molecule has 17 heteroatoms. The van der Waals surface area contributed by atoms with Gasteiger partial charge in [0.05, 0.1) is 54.7 Å². The number of aromatic nitrogens is 1. The van der Waals surface area contributed by atoms with E-state index in [2.05, 4.69) is 15.6 Å². The summed E-state index contributed by atoms with van der Waals surface area (Å²) in [4.78, 5) is 62.2. The van der Waals surface area contributed by atoms with Crippen molar-refractivity contribution in [3.8, 4) is 10.4 Å². The standard InChI is InChI=1S/C57H72F3N5O8S/c1-35-25-43-42-14-11-10-13-39(42)26-44(43)51(65(35)33-57(6,7)60)50-45(58)27-40(28-46(50)59)48(67)15-9-8-12-20-71-21-22-72-23-24-73-32-49(68)63-53(56(3,4)5)55(70)64-31-41(66)29-47(64)54(69)61-30-37-16-18-38(19-17-37)52-36(2)62-34-74-52/h10-11,13-14,16-19,27-28,34-35,41,47,51,53,66H,8-9,12,15,20-26,29-33H2,1-7H3,(H,61,69)(H,63,68)/t35-,41-,47+,51+,53-/m1/s1. The molecular formula is C57H72F3N5O8S. The monoisotopic (exact) mass is 1040 g/mol. The van der Waals surface area contributed by atoms with E-state index in [1.807, 2.05) is 88.0 Å². The van der Waals surface area contributed by atoms with Crippen LogP contribution in [0.4, 0.5) is 13.2 Å². The first-order valence-electron chi connectivity index (χ1n) is 25.8. The maximum absolute atomic E-state index is 16.1. The zero-order valence-corrected chi connectivity index (χ0v) is 44.6. The van der Waals surface area contributed by atoms with Crippen molar-refractivity contribution < 1.29 is 51.7 Å². The number of alkyl halides is 1. The number of carbonyl (C=O) groups excluding carboxylic acids is 4. The quantitative estimate of drug-likeness (QED) is 0.0457. The number of thiazole rings is 1. The summed E-state index contributed by atoms with van der Waals surface area (Å²) < 4.78 is 64.2. The first-order chi connectivity index (χ1) is 35.2. The number of amides is 3. The Morgan fingerprint density at radius 2 is 1.58 bits per heavy atom. The minimum Gasteiger partial charge on any atom is -0.391 e. The van der Waals surface area contributed by atoms with Gasteiger partial charge < -0.3 is 34.9 Å². The van der Waals surface area contributed by atoms with Crippen LogP contribution in [-0.4, -0.2) is 126 Å². The highest BCUT2D eigenvalue weighted by Gasteiger charge is 2.45. The highest BCUT2D eigenvalue weighted by atomic mass is 32.1. The molecule has 3 aliphatic rings. The number of halogens is 3. The minimum atomic E-state index is -1.60. The smallest absolute Gasteiger partial charge is 0.246 e. The number of aryl methyl sites for hydroxylation is 1. The molecule has 3 amide bonds. The SMILES string of the molecule is Cc1ncsc1-c1ccc(CNC(=O)[C@@H]2C[C@@H](O)CN2C(=O)[C@@H](NC(=O)COCCOCCOCCCCCC(=O)c2cc(F)c([C@@H]3C4=C(C[C@@H](C)N3CC(C)(C)F)c3ccccc3C4)c(F)c2)C(C)(C)C)cc1. The Bertz CT molecular complexity index is 2620. The van der Waals surface area contributed by atoms with Gasteiger partial charge in [-0.3, -0.25) is 24.1 Å². The van der Waals surface area contributed by atoms with Crippen LogP contribution < -0.4 is 10.6 Å². The molecule has 3 aromatic carbocycles. The predicted molar refractivity (Wildman–Crippen MR) is 279 cm³/mol. The number of unbranched alkanes of at least 4 members (excludes halogenated alkanes) is 2. The number of hydrogen-bond acceptors (Lipinski definition) is 11. The summed E-state index contributed by atoms with van der Waals surface area (Å²) in [5, 5.41) is 16.2. The zero-order valence-electron chi connectivity index (χ0n) is 43.7. The van der Waals surface area contributed by atoms with Gasteiger partial charge >= 0.3 is 0 Å². The second kappa shape index (κ2) is 25.0. The van der Waals surface area contributed by atoms with Crippen LogP contribution in [0.2, 0.25) is 0 Å². The van der Waals surface area contributed by atoms with Gasteiger partial charge in [-0.05, 0) is 104 Å². The van der Waals surface area contributed by atoms with E-state index in [4.69, 9.17) is 14.2 Å². The Balaban J connectivity index is 0.771. The lowest BCUT2D eigenvalue weighted by Gasteiger charge is -2.44. The van der Waals surface area contributed by atoms with E-state index in [9.17, 15) is 24.3 Å². The number of carbonyl (C=O) groups is 4. The molecule has 7 rings (SSSR count). The summed E-state index contributed by atoms with van der Waals surface area (Å²) in [7, 11) is 0. The molecule has 1 saturated heterocycles. The minimum absolute atomic E-state index is 0.00181. The number of aliphatic hydroxyl groups excluding tert-OH is 1. The molecular weight excluding hydrogens is 972 g/mol. The Labute approximate surface area is 437 Å². The third-order valence-corrected chi connectivity index (χ3v) is 14.9. The Hall–Kier alpha value is -5.30. The van der Waals surface area contributed by atoms with Gasteiger partial charge in [-0.25, -0.2) is 18.2 Å². The van der Waals surface area contributed by atoms with Crippen molar-refractivity contribution in [2.24, 2.45) is 5.41 Å². The number of β-amino-alcohol motifs (C(OH)–C–C–N with tert-alkyl or cyclic N) is 1. The number of nitrogens with one attached hydrogen (secondary N) is 2. The van der Waals surface area contributed by atoms with Crippen LogP contribution in [0.1, 0.15) is 124 Å². The van der Waals surface area contributed by atoms with Gasteiger partial charge in [0.15, 0.2) is 5.78 Å². The van der Waals surface area contributed by atoms with Crippen molar-refractivity contribution >= 4 is 40.4 Å². The van der Waals surface area contributed by atoms with Crippen LogP contribution in [0.3, 0.4) is 0 Å². The van der Waals surface area contributed by atoms with Crippen LogP contribution in [0.25, 0.3) is 16.0 Å². The third-order valence-electron chi connectivity index (χ3n) is 14.0. The molecule has 1 fully saturated rings. The maximum atomic E-state index is 16.1. The van der Waals surface area contributed by atoms with Crippen LogP contribution in [0.5, 0.6) is 0 Å². The molecule has 5 atom stereocenters. The van der Waals surface area contributed by atoms with Crippen molar-refractivity contribution in [2.75, 3.05) is 52.7 Å². The second-order valence-corrected chi connectivity index (χ2v) is 22.3. The number of likely N-dealkylation sites (tertiary alicyclic amines) is 1. The molecule has 0 spiro atoms. The van der Waals surface area contributed by atoms with E-state index < -0.39 is 64.7 Å². The number of Topliss-reactive ketones (excluding diaryl/α,β-unsaturated/α-hetero) is 1. The molecule has 1 aromatic heterocycles. The Morgan fingerprint density at radius 1 is 0.905 bits per heavy atom. The summed E-state index contributed by atoms with van der Waals surface area (Å²) in [6.45, 7) is 13.5. The van der Waals surface area contributed by atoms with Crippen molar-refractivity contribution in [3.05, 3.63) is 117 Å². The highest BCUT2D eigenvalue weighted by Crippen LogP contribution is 2.50. The highest BCUT2D eigenvalue weighted by molar-refractivity contribution is 7.13. The van der Waals surface area contributed by atoms with E-state index in [1.54, 1.807) is 16.8 Å². The van der Waals surface area contributed by atoms with Crippen LogP contribution >= 0.6 is 11.3 Å². The molecule has 0 saturated carbocycles. The van der Waals surface area contributed by atoms with Crippen molar-refractivity contribution in [2.45, 2.75) is 136 Å². The first kappa shape index (κ1) is 56.4. The molecule has 3 N–H and O–H groups in total. The number of fused-ring (bicyclic) bond motifs is 2. The Morgan fingerprint density at radius 3 is 2.24 bits per heavy atom. The van der Waals surface area contributed by atoms with Gasteiger partial charge in [-0.2, -0.15) is 0 Å². The second-order valence-electron chi connectivity index (χ2n) is 21.5. The number of aliphatic hydroxyl groups is 1. The van der Waals surface area contributed by atoms with Gasteiger partial charge in [-0.1, -0.05) is 75.7 Å². The number of hydrogen-bond donors (Lipinski definition) is 3. The predicted octanol–water partition coefficient (Wildman–Crippen LogP) is 8.89. The number of ketones is 1. The van der Waals surface area contributed by atoms with Gasteiger partial charge in [0.25, 0.3) is 0 Å². The molecule has 4 aromatic rings. The molecule has 0 bridgehead atoms. The summed E-state index contributed by atoms with van der Waals surface area (Å²) in [6, 6.07) is 15.2. The molecule has 400 valence electrons. The molecule has 3 heterocycles. The fourth-order valence-corrected chi connectivity index (χ4v) is 11.1. The van der Waals surface area contributed by atoms with E-state index in [0.717, 1.165) is 56.1 Å². The molecule has 2 aliphatic heterocycles. The van der Waals surface area contributed by atoms with Gasteiger partial charge in [0.2, 0.25) is 17.7 Å². The molecule has 74 heavy (non-hydrogen) atoms. The fourth-order valence-electron chi connectivity index (χ4n) is 10.3. The number of nitrogens with zero attached hydrogens (tertiary/aromatic N) is 3. The van der Waals surface area contributed by atoms with Crippen molar-refractivity contribution in [1.29, 1.82) is 0 Å². The number of benzene rings is 3. The zero-order chi connectivity index (χ0) is 53.3. The largest absolute Gasteiger partial charge is 0.391 e. The van der Waals surface area contributed by atoms with E-state index in [-0.39, 0.29) is 81.9 Å². The maximum Gasteiger partial charge on any atom is 0.246 e. The normalized spacial score (nSPS) is 19.4. The summed E-state index contributed by atoms with van der Waals surface area (Å²) in [6.07, 6.45) is 2.33. The van der Waals surface area contributed by atoms with Gasteiger partial charge in [0.1, 0.15) is 36.0 Å². The molecule has 13 nitrogen and oxygen atoms in total. The van der Waals surface area contributed by atoms with Crippen LogP contribution in [0, 0.1) is 24.0 Å². The van der Waals surface area contributed by atoms with E-state index >= 15 is 13.2 Å². The van der Waals surface area contributed by atoms with Crippen LogP contribution in [0.15, 0.2) is 71.7 Å². The summed E-state index contributed by atoms with van der Waals surface area (Å²) in [5.41, 5.74) is 6.28. The van der Waals surface area contributed by atoms with Gasteiger partial charge in [0, 0.05) is 56.3 Å². The van der Waals surface area contributed by atoms with Crippen LogP contribution in [-0.2, 0) is 41.6 Å². The average Bonchev–Trinajstić information content (AvgIpc) is 4.07. The summed E-state index contributed by atoms with van der Waals surface area (Å²) in [5.74, 6) is -3.34. The number of rotatable bonds is 24. The third kappa shape index (κ3) is 14.3. The lowest BCUT2D eigenvalue weighted by atomic mass is 9.83. The molecule has 1 aliphatic carbocycles. The van der Waals surface area contributed by atoms with Crippen molar-refractivity contribution in [1.82, 2.24) is 25.4 Å².